The van der Waals surface area contributed by atoms with Crippen LogP contribution in [0.15, 0.2) is 0 Å². The second-order valence-corrected chi connectivity index (χ2v) is 0. The first kappa shape index (κ1) is 182. The maximum Gasteiger partial charge on any atom is 3.00 e. The molecule has 0 fully saturated rings. The standard InChI is InChI=1S/16CH3O.Fe.5Rh/c16*1-2;;;;;;/h16*1H3;;;;;;/q16*-1;+2;;2*+2;2*+3. The van der Waals surface area contributed by atoms with Gasteiger partial charge in [0.05, 0.1) is 0 Å². The van der Waals surface area contributed by atoms with Gasteiger partial charge in [-0.1, -0.05) is 0 Å². The SMILES string of the molecule is C[O-].C[O-].C[O-].C[O-].C[O-].C[O-].C[O-].C[O-].C[O-].C[O-].C[O-].C[O-].C[O-].C[O-].C[O-].C[O-].[Fe+2].[Rh+2].[Rh+2].[Rh+3].[Rh+3].[Rh]. The van der Waals surface area contributed by atoms with E-state index in [0.29, 0.717) is 0 Å². The molecule has 3 radical (unpaired) electrons. The zero-order valence-electron chi connectivity index (χ0n) is 24.6. The molecule has 0 aromatic carbocycles. The van der Waals surface area contributed by atoms with Crippen LogP contribution in [-0.4, -0.2) is 114 Å². The van der Waals surface area contributed by atoms with Crippen molar-refractivity contribution in [2.75, 3.05) is 114 Å². The minimum atomic E-state index is 0. The van der Waals surface area contributed by atoms with E-state index in [1.165, 1.54) is 0 Å². The summed E-state index contributed by atoms with van der Waals surface area (Å²) in [6, 6.07) is 0. The van der Waals surface area contributed by atoms with Gasteiger partial charge < -0.3 is 81.7 Å². The molecule has 0 aromatic heterocycles. The fraction of sp³-hybridized carbons (Fsp3) is 1.00. The van der Waals surface area contributed by atoms with E-state index in [-0.39, 0.29) is 114 Å². The third-order valence-electron chi connectivity index (χ3n) is 0. The van der Waals surface area contributed by atoms with Crippen molar-refractivity contribution in [2.45, 2.75) is 0 Å². The average molecular weight is 1070 g/mol. The predicted octanol–water partition coefficient (Wildman–Crippen LogP) is -16.4. The molecule has 0 aliphatic carbocycles. The zero-order chi connectivity index (χ0) is 32.0. The number of hydrogen-bond acceptors (Lipinski definition) is 16. The molecule has 0 heterocycles. The maximum absolute atomic E-state index is 8.25. The molecule has 265 valence electrons. The Kier molecular flexibility index (Phi) is 32400. The molecule has 0 saturated carbocycles. The molecule has 0 rings (SSSR count). The molecule has 0 unspecified atom stereocenters. The van der Waals surface area contributed by atoms with Gasteiger partial charge in [0.15, 0.2) is 0 Å². The van der Waals surface area contributed by atoms with Crippen LogP contribution in [-0.2, 0) is 114 Å². The minimum Gasteiger partial charge on any atom is -0.857 e. The van der Waals surface area contributed by atoms with Gasteiger partial charge in [0.1, 0.15) is 0 Å². The van der Waals surface area contributed by atoms with E-state index >= 15 is 0 Å². The average Bonchev–Trinajstić information content (AvgIpc) is 3.05. The molecule has 22 heteroatoms. The summed E-state index contributed by atoms with van der Waals surface area (Å²) < 4.78 is 0. The maximum atomic E-state index is 8.25. The van der Waals surface area contributed by atoms with Crippen molar-refractivity contribution in [1.29, 1.82) is 0 Å². The fourth-order valence-corrected chi connectivity index (χ4v) is 0. The van der Waals surface area contributed by atoms with Gasteiger partial charge in [-0.15, -0.1) is 0 Å². The number of rotatable bonds is 0. The normalized spacial score (nSPS) is 2.53. The Bertz CT molecular complexity index is 59.8. The van der Waals surface area contributed by atoms with Crippen LogP contribution in [0.25, 0.3) is 0 Å². The van der Waals surface area contributed by atoms with E-state index < -0.39 is 0 Å². The summed E-state index contributed by atoms with van der Waals surface area (Å²) in [7, 11) is 12.0. The Labute approximate surface area is 307 Å². The van der Waals surface area contributed by atoms with Gasteiger partial charge in [0, 0.05) is 19.5 Å². The van der Waals surface area contributed by atoms with Crippen LogP contribution in [0.4, 0.5) is 0 Å². The molecule has 0 atom stereocenters. The van der Waals surface area contributed by atoms with Gasteiger partial charge in [-0.05, 0) is 0 Å². The Balaban J connectivity index is -0.00000000356. The van der Waals surface area contributed by atoms with Crippen LogP contribution < -0.4 is 81.7 Å². The summed E-state index contributed by atoms with van der Waals surface area (Å²) >= 11 is 0. The molecule has 0 aliphatic heterocycles. The third-order valence-corrected chi connectivity index (χ3v) is 0. The smallest absolute Gasteiger partial charge is 0.857 e. The van der Waals surface area contributed by atoms with Gasteiger partial charge in [0.25, 0.3) is 0 Å². The largest absolute Gasteiger partial charge is 3.00 e. The quantitative estimate of drug-likeness (QED) is 0.203. The summed E-state index contributed by atoms with van der Waals surface area (Å²) in [5, 5.41) is 132. The second kappa shape index (κ2) is 6770. The molecule has 0 amide bonds. The van der Waals surface area contributed by atoms with Gasteiger partial charge in [-0.3, -0.25) is 0 Å². The molecule has 38 heavy (non-hydrogen) atoms. The van der Waals surface area contributed by atoms with Crippen LogP contribution >= 0.6 is 0 Å². The summed E-state index contributed by atoms with van der Waals surface area (Å²) in [5.41, 5.74) is 0. The fourth-order valence-electron chi connectivity index (χ4n) is 0. The molecule has 0 bridgehead atoms. The van der Waals surface area contributed by atoms with Crippen LogP contribution in [0.2, 0.25) is 0 Å². The third kappa shape index (κ3) is 6270. The topological polar surface area (TPSA) is 369 Å². The molecule has 0 saturated heterocycles. The second-order valence-electron chi connectivity index (χ2n) is 0. The van der Waals surface area contributed by atoms with Gasteiger partial charge in [0.2, 0.25) is 0 Å². The molecular formula is C16H48FeO16Rh5-4. The van der Waals surface area contributed by atoms with Crippen molar-refractivity contribution in [3.8, 4) is 0 Å². The van der Waals surface area contributed by atoms with E-state index in [0.717, 1.165) is 114 Å². The Hall–Kier alpha value is 3.00. The number of hydrogen-bond donors (Lipinski definition) is 0. The van der Waals surface area contributed by atoms with Gasteiger partial charge in [-0.2, -0.15) is 114 Å². The van der Waals surface area contributed by atoms with E-state index in [4.69, 9.17) is 81.7 Å². The Morgan fingerprint density at radius 2 is 0.184 bits per heavy atom. The van der Waals surface area contributed by atoms with E-state index in [1.807, 2.05) is 0 Å². The van der Waals surface area contributed by atoms with Gasteiger partial charge in [-0.25, -0.2) is 0 Å². The van der Waals surface area contributed by atoms with Crippen LogP contribution in [0.1, 0.15) is 0 Å². The van der Waals surface area contributed by atoms with Gasteiger partial charge >= 0.3 is 95.0 Å². The summed E-state index contributed by atoms with van der Waals surface area (Å²) in [4.78, 5) is 0. The Morgan fingerprint density at radius 1 is 0.184 bits per heavy atom. The van der Waals surface area contributed by atoms with Crippen molar-refractivity contribution >= 4 is 0 Å². The van der Waals surface area contributed by atoms with E-state index in [2.05, 4.69) is 0 Å². The monoisotopic (exact) mass is 1070 g/mol. The zero-order valence-corrected chi connectivity index (χ0v) is 33.8. The Morgan fingerprint density at radius 3 is 0.184 bits per heavy atom. The molecule has 0 N–H and O–H groups in total. The molecule has 0 aromatic rings. The molecule has 0 spiro atoms. The van der Waals surface area contributed by atoms with Crippen molar-refractivity contribution in [3.05, 3.63) is 0 Å². The first-order chi connectivity index (χ1) is 16.0. The molecule has 0 aliphatic rings. The molecular weight excluding hydrogens is 1020 g/mol. The van der Waals surface area contributed by atoms with Crippen LogP contribution in [0, 0.1) is 0 Å². The van der Waals surface area contributed by atoms with Crippen molar-refractivity contribution < 1.29 is 196 Å². The van der Waals surface area contributed by atoms with Crippen molar-refractivity contribution in [1.82, 2.24) is 0 Å². The molecule has 16 nitrogen and oxygen atoms in total. The first-order valence-corrected chi connectivity index (χ1v) is 6.53. The van der Waals surface area contributed by atoms with E-state index in [9.17, 15) is 0 Å². The summed E-state index contributed by atoms with van der Waals surface area (Å²) in [6.07, 6.45) is 0. The predicted molar refractivity (Wildman–Crippen MR) is 94.8 cm³/mol. The first-order valence-electron chi connectivity index (χ1n) is 6.53. The van der Waals surface area contributed by atoms with Crippen LogP contribution in [0.3, 0.4) is 0 Å². The minimum absolute atomic E-state index is 0. The summed E-state index contributed by atoms with van der Waals surface area (Å²) in [6.45, 7) is 0. The summed E-state index contributed by atoms with van der Waals surface area (Å²) in [5.74, 6) is 0. The van der Waals surface area contributed by atoms with Crippen molar-refractivity contribution in [2.24, 2.45) is 0 Å². The van der Waals surface area contributed by atoms with Crippen molar-refractivity contribution in [3.63, 3.8) is 0 Å². The van der Waals surface area contributed by atoms with Crippen LogP contribution in [0.5, 0.6) is 0 Å². The van der Waals surface area contributed by atoms with E-state index in [1.54, 1.807) is 0 Å².